The van der Waals surface area contributed by atoms with E-state index in [0.29, 0.717) is 6.04 Å². The van der Waals surface area contributed by atoms with Crippen molar-refractivity contribution >= 4 is 29.9 Å². The van der Waals surface area contributed by atoms with Crippen molar-refractivity contribution in [2.75, 3.05) is 26.7 Å². The van der Waals surface area contributed by atoms with Crippen LogP contribution >= 0.6 is 24.0 Å². The fraction of sp³-hybridized carbons (Fsp3) is 0.812. The van der Waals surface area contributed by atoms with Gasteiger partial charge in [0.05, 0.1) is 0 Å². The summed E-state index contributed by atoms with van der Waals surface area (Å²) in [6, 6.07) is 0.513. The molecule has 0 aromatic carbocycles. The van der Waals surface area contributed by atoms with E-state index in [-0.39, 0.29) is 29.5 Å². The maximum absolute atomic E-state index is 4.35. The van der Waals surface area contributed by atoms with Gasteiger partial charge in [0.1, 0.15) is 0 Å². The molecule has 0 atom stereocenters. The number of hydrogen-bond acceptors (Lipinski definition) is 2. The highest BCUT2D eigenvalue weighted by Gasteiger charge is 2.28. The van der Waals surface area contributed by atoms with Crippen LogP contribution in [0.5, 0.6) is 0 Å². The lowest BCUT2D eigenvalue weighted by atomic mass is 9.98. The third kappa shape index (κ3) is 5.77. The molecule has 0 aromatic rings. The lowest BCUT2D eigenvalue weighted by Gasteiger charge is -2.41. The summed E-state index contributed by atoms with van der Waals surface area (Å²) in [5, 5.41) is 7.00. The standard InChI is InChI=1S/C16H30N4.HI/c1-16(2,20-11-7-4-8-12-20)13-18-15(17-3)19-14-9-5-6-10-14;/h5-6,14H,4,7-13H2,1-3H3,(H2,17,18,19);1H. The van der Waals surface area contributed by atoms with Gasteiger partial charge in [0, 0.05) is 25.2 Å². The molecule has 2 aliphatic rings. The summed E-state index contributed by atoms with van der Waals surface area (Å²) in [6.07, 6.45) is 10.8. The Morgan fingerprint density at radius 2 is 1.81 bits per heavy atom. The second kappa shape index (κ2) is 8.98. The Balaban J connectivity index is 0.00000220. The Kier molecular flexibility index (Phi) is 8.02. The van der Waals surface area contributed by atoms with E-state index >= 15 is 0 Å². The van der Waals surface area contributed by atoms with E-state index in [9.17, 15) is 0 Å². The predicted octanol–water partition coefficient (Wildman–Crippen LogP) is 2.75. The van der Waals surface area contributed by atoms with Gasteiger partial charge in [-0.3, -0.25) is 9.89 Å². The maximum Gasteiger partial charge on any atom is 0.191 e. The molecular weight excluding hydrogens is 375 g/mol. The topological polar surface area (TPSA) is 39.7 Å². The molecular formula is C16H31IN4. The molecule has 2 rings (SSSR count). The molecule has 0 unspecified atom stereocenters. The minimum Gasteiger partial charge on any atom is -0.355 e. The zero-order valence-corrected chi connectivity index (χ0v) is 16.0. The van der Waals surface area contributed by atoms with Crippen LogP contribution < -0.4 is 10.6 Å². The highest BCUT2D eigenvalue weighted by atomic mass is 127. The van der Waals surface area contributed by atoms with E-state index in [1.165, 1.54) is 32.4 Å². The third-order valence-corrected chi connectivity index (χ3v) is 4.47. The Morgan fingerprint density at radius 3 is 2.38 bits per heavy atom. The molecule has 5 heteroatoms. The van der Waals surface area contributed by atoms with Gasteiger partial charge in [-0.25, -0.2) is 0 Å². The summed E-state index contributed by atoms with van der Waals surface area (Å²) < 4.78 is 0. The molecule has 2 N–H and O–H groups in total. The van der Waals surface area contributed by atoms with Gasteiger partial charge in [-0.2, -0.15) is 0 Å². The molecule has 4 nitrogen and oxygen atoms in total. The summed E-state index contributed by atoms with van der Waals surface area (Å²) >= 11 is 0. The van der Waals surface area contributed by atoms with E-state index in [1.807, 2.05) is 7.05 Å². The average molecular weight is 406 g/mol. The number of rotatable bonds is 4. The Morgan fingerprint density at radius 1 is 1.19 bits per heavy atom. The van der Waals surface area contributed by atoms with Crippen molar-refractivity contribution in [3.05, 3.63) is 12.2 Å². The van der Waals surface area contributed by atoms with E-state index < -0.39 is 0 Å². The Labute approximate surface area is 146 Å². The van der Waals surface area contributed by atoms with Crippen LogP contribution in [-0.4, -0.2) is 49.1 Å². The fourth-order valence-electron chi connectivity index (χ4n) is 3.03. The minimum absolute atomic E-state index is 0. The van der Waals surface area contributed by atoms with Crippen molar-refractivity contribution in [3.8, 4) is 0 Å². The summed E-state index contributed by atoms with van der Waals surface area (Å²) in [5.74, 6) is 0.934. The van der Waals surface area contributed by atoms with Gasteiger partial charge in [-0.05, 0) is 52.6 Å². The molecule has 0 spiro atoms. The van der Waals surface area contributed by atoms with Crippen LogP contribution in [0.2, 0.25) is 0 Å². The highest BCUT2D eigenvalue weighted by Crippen LogP contribution is 2.19. The normalized spacial score (nSPS) is 21.2. The molecule has 0 saturated carbocycles. The molecule has 0 aromatic heterocycles. The van der Waals surface area contributed by atoms with E-state index in [2.05, 4.69) is 46.5 Å². The molecule has 122 valence electrons. The van der Waals surface area contributed by atoms with Crippen LogP contribution in [0.3, 0.4) is 0 Å². The molecule has 0 amide bonds. The summed E-state index contributed by atoms with van der Waals surface area (Å²) in [7, 11) is 1.85. The first-order valence-electron chi connectivity index (χ1n) is 7.99. The number of hydrogen-bond donors (Lipinski definition) is 2. The van der Waals surface area contributed by atoms with Gasteiger partial charge in [0.15, 0.2) is 5.96 Å². The van der Waals surface area contributed by atoms with E-state index in [0.717, 1.165) is 25.3 Å². The second-order valence-electron chi connectivity index (χ2n) is 6.57. The molecule has 0 radical (unpaired) electrons. The molecule has 0 bridgehead atoms. The highest BCUT2D eigenvalue weighted by molar-refractivity contribution is 14.0. The largest absolute Gasteiger partial charge is 0.355 e. The zero-order chi connectivity index (χ0) is 14.4. The van der Waals surface area contributed by atoms with Crippen LogP contribution in [0.15, 0.2) is 17.1 Å². The predicted molar refractivity (Wildman–Crippen MR) is 102 cm³/mol. The van der Waals surface area contributed by atoms with Crippen LogP contribution in [0.25, 0.3) is 0 Å². The van der Waals surface area contributed by atoms with Crippen molar-refractivity contribution in [2.24, 2.45) is 4.99 Å². The zero-order valence-electron chi connectivity index (χ0n) is 13.7. The van der Waals surface area contributed by atoms with Crippen molar-refractivity contribution < 1.29 is 0 Å². The lowest BCUT2D eigenvalue weighted by Crippen LogP contribution is -2.55. The summed E-state index contributed by atoms with van der Waals surface area (Å²) in [4.78, 5) is 6.95. The van der Waals surface area contributed by atoms with Gasteiger partial charge in [-0.15, -0.1) is 24.0 Å². The molecule has 1 aliphatic heterocycles. The average Bonchev–Trinajstić information content (AvgIpc) is 2.97. The van der Waals surface area contributed by atoms with Gasteiger partial charge >= 0.3 is 0 Å². The summed E-state index contributed by atoms with van der Waals surface area (Å²) in [5.41, 5.74) is 0.186. The number of piperidine rings is 1. The second-order valence-corrected chi connectivity index (χ2v) is 6.57. The monoisotopic (exact) mass is 406 g/mol. The van der Waals surface area contributed by atoms with Crippen LogP contribution in [0.4, 0.5) is 0 Å². The van der Waals surface area contributed by atoms with Gasteiger partial charge in [0.25, 0.3) is 0 Å². The smallest absolute Gasteiger partial charge is 0.191 e. The molecule has 1 fully saturated rings. The molecule has 1 aliphatic carbocycles. The van der Waals surface area contributed by atoms with Crippen molar-refractivity contribution in [3.63, 3.8) is 0 Å². The molecule has 1 heterocycles. The van der Waals surface area contributed by atoms with Crippen LogP contribution in [-0.2, 0) is 0 Å². The van der Waals surface area contributed by atoms with E-state index in [1.54, 1.807) is 0 Å². The number of nitrogens with one attached hydrogen (secondary N) is 2. The quantitative estimate of drug-likeness (QED) is 0.327. The number of halogens is 1. The van der Waals surface area contributed by atoms with Crippen LogP contribution in [0.1, 0.15) is 46.0 Å². The number of guanidine groups is 1. The number of likely N-dealkylation sites (tertiary alicyclic amines) is 1. The number of nitrogens with zero attached hydrogens (tertiary/aromatic N) is 2. The maximum atomic E-state index is 4.35. The van der Waals surface area contributed by atoms with Crippen molar-refractivity contribution in [1.29, 1.82) is 0 Å². The minimum atomic E-state index is 0. The van der Waals surface area contributed by atoms with E-state index in [4.69, 9.17) is 0 Å². The van der Waals surface area contributed by atoms with Crippen LogP contribution in [0, 0.1) is 0 Å². The first kappa shape index (κ1) is 18.7. The SMILES string of the molecule is CN=C(NCC(C)(C)N1CCCCC1)NC1CC=CC1.I. The first-order chi connectivity index (χ1) is 9.62. The number of aliphatic imine (C=N–C) groups is 1. The Hall–Kier alpha value is -0.300. The van der Waals surface area contributed by atoms with Gasteiger partial charge in [-0.1, -0.05) is 18.6 Å². The molecule has 1 saturated heterocycles. The first-order valence-corrected chi connectivity index (χ1v) is 7.99. The van der Waals surface area contributed by atoms with Gasteiger partial charge < -0.3 is 10.6 Å². The van der Waals surface area contributed by atoms with Gasteiger partial charge in [0.2, 0.25) is 0 Å². The third-order valence-electron chi connectivity index (χ3n) is 4.47. The molecule has 21 heavy (non-hydrogen) atoms. The lowest BCUT2D eigenvalue weighted by molar-refractivity contribution is 0.0982. The summed E-state index contributed by atoms with van der Waals surface area (Å²) in [6.45, 7) is 8.05. The van der Waals surface area contributed by atoms with Crippen molar-refractivity contribution in [2.45, 2.75) is 57.5 Å². The van der Waals surface area contributed by atoms with Crippen molar-refractivity contribution in [1.82, 2.24) is 15.5 Å². The fourth-order valence-corrected chi connectivity index (χ4v) is 3.03. The Bertz CT molecular complexity index is 351.